The molecule has 1 aromatic rings. The van der Waals surface area contributed by atoms with Crippen molar-refractivity contribution in [2.45, 2.75) is 13.3 Å². The lowest BCUT2D eigenvalue weighted by atomic mass is 10.2. The molecule has 0 bridgehead atoms. The third-order valence-electron chi connectivity index (χ3n) is 2.07. The number of amides is 1. The monoisotopic (exact) mass is 211 g/mol. The standard InChI is InChI=1S/C9H13N3O3/c1-6-7(4-10-11-6)3-8(13)12(2)5-9(14)15/h4H,3,5H2,1-2H3,(H,10,11)(H,14,15). The Morgan fingerprint density at radius 2 is 2.27 bits per heavy atom. The number of nitrogens with one attached hydrogen (secondary N) is 1. The normalized spacial score (nSPS) is 10.0. The molecule has 2 N–H and O–H groups in total. The number of carboxylic acid groups (broad SMARTS) is 1. The van der Waals surface area contributed by atoms with Crippen LogP contribution in [0.15, 0.2) is 6.20 Å². The Morgan fingerprint density at radius 1 is 1.60 bits per heavy atom. The van der Waals surface area contributed by atoms with Crippen LogP contribution in [0.25, 0.3) is 0 Å². The SMILES string of the molecule is Cc1[nH]ncc1CC(=O)N(C)CC(=O)O. The van der Waals surface area contributed by atoms with Crippen molar-refractivity contribution in [2.75, 3.05) is 13.6 Å². The maximum atomic E-state index is 11.5. The number of hydrogen-bond acceptors (Lipinski definition) is 3. The molecule has 0 aliphatic heterocycles. The van der Waals surface area contributed by atoms with Gasteiger partial charge in [0.05, 0.1) is 12.6 Å². The van der Waals surface area contributed by atoms with E-state index in [2.05, 4.69) is 10.2 Å². The molecule has 0 radical (unpaired) electrons. The fraction of sp³-hybridized carbons (Fsp3) is 0.444. The molecule has 6 nitrogen and oxygen atoms in total. The fourth-order valence-corrected chi connectivity index (χ4v) is 1.14. The topological polar surface area (TPSA) is 86.3 Å². The molecule has 0 aliphatic rings. The van der Waals surface area contributed by atoms with Gasteiger partial charge in [0.1, 0.15) is 6.54 Å². The van der Waals surface area contributed by atoms with Crippen LogP contribution in [-0.2, 0) is 16.0 Å². The highest BCUT2D eigenvalue weighted by molar-refractivity contribution is 5.82. The third-order valence-corrected chi connectivity index (χ3v) is 2.07. The van der Waals surface area contributed by atoms with Crippen molar-refractivity contribution in [2.24, 2.45) is 0 Å². The van der Waals surface area contributed by atoms with E-state index in [-0.39, 0.29) is 18.9 Å². The fourth-order valence-electron chi connectivity index (χ4n) is 1.14. The minimum atomic E-state index is -1.02. The van der Waals surface area contributed by atoms with Gasteiger partial charge in [0, 0.05) is 18.3 Å². The first-order valence-corrected chi connectivity index (χ1v) is 4.45. The smallest absolute Gasteiger partial charge is 0.323 e. The second kappa shape index (κ2) is 4.59. The number of carbonyl (C=O) groups excluding carboxylic acids is 1. The van der Waals surface area contributed by atoms with Gasteiger partial charge in [0.15, 0.2) is 0 Å². The van der Waals surface area contributed by atoms with Gasteiger partial charge in [-0.2, -0.15) is 5.10 Å². The summed E-state index contributed by atoms with van der Waals surface area (Å²) in [6.07, 6.45) is 1.74. The van der Waals surface area contributed by atoms with Gasteiger partial charge in [-0.15, -0.1) is 0 Å². The molecule has 1 aromatic heterocycles. The molecule has 0 atom stereocenters. The van der Waals surface area contributed by atoms with E-state index < -0.39 is 5.97 Å². The van der Waals surface area contributed by atoms with Crippen LogP contribution in [0.5, 0.6) is 0 Å². The Balaban J connectivity index is 2.56. The number of H-pyrrole nitrogens is 1. The van der Waals surface area contributed by atoms with E-state index in [9.17, 15) is 9.59 Å². The number of rotatable bonds is 4. The maximum Gasteiger partial charge on any atom is 0.323 e. The van der Waals surface area contributed by atoms with Gasteiger partial charge in [0.25, 0.3) is 0 Å². The van der Waals surface area contributed by atoms with Gasteiger partial charge >= 0.3 is 5.97 Å². The molecule has 1 rings (SSSR count). The summed E-state index contributed by atoms with van der Waals surface area (Å²) < 4.78 is 0. The summed E-state index contributed by atoms with van der Waals surface area (Å²) in [5, 5.41) is 15.0. The summed E-state index contributed by atoms with van der Waals surface area (Å²) in [4.78, 5) is 23.1. The number of aromatic nitrogens is 2. The van der Waals surface area contributed by atoms with E-state index in [1.54, 1.807) is 6.20 Å². The summed E-state index contributed by atoms with van der Waals surface area (Å²) >= 11 is 0. The Kier molecular flexibility index (Phi) is 3.43. The molecule has 0 aromatic carbocycles. The molecule has 0 aliphatic carbocycles. The largest absolute Gasteiger partial charge is 0.480 e. The average Bonchev–Trinajstić information content (AvgIpc) is 2.50. The number of likely N-dealkylation sites (N-methyl/N-ethyl adjacent to an activating group) is 1. The zero-order chi connectivity index (χ0) is 11.4. The van der Waals surface area contributed by atoms with Gasteiger partial charge in [-0.25, -0.2) is 0 Å². The molecule has 0 unspecified atom stereocenters. The number of carboxylic acids is 1. The minimum absolute atomic E-state index is 0.173. The van der Waals surface area contributed by atoms with Crippen LogP contribution in [-0.4, -0.2) is 45.7 Å². The number of aryl methyl sites for hydroxylation is 1. The Bertz CT molecular complexity index is 372. The molecule has 0 spiro atoms. The van der Waals surface area contributed by atoms with Crippen LogP contribution < -0.4 is 0 Å². The second-order valence-corrected chi connectivity index (χ2v) is 3.34. The lowest BCUT2D eigenvalue weighted by molar-refractivity contribution is -0.143. The molecule has 0 fully saturated rings. The Morgan fingerprint density at radius 3 is 2.73 bits per heavy atom. The quantitative estimate of drug-likeness (QED) is 0.722. The van der Waals surface area contributed by atoms with Crippen molar-refractivity contribution in [3.8, 4) is 0 Å². The van der Waals surface area contributed by atoms with Crippen LogP contribution in [0.2, 0.25) is 0 Å². The van der Waals surface area contributed by atoms with Crippen molar-refractivity contribution in [3.05, 3.63) is 17.5 Å². The molecule has 15 heavy (non-hydrogen) atoms. The van der Waals surface area contributed by atoms with Crippen LogP contribution in [0.3, 0.4) is 0 Å². The van der Waals surface area contributed by atoms with Gasteiger partial charge in [-0.05, 0) is 6.92 Å². The van der Waals surface area contributed by atoms with Crippen LogP contribution in [0.4, 0.5) is 0 Å². The molecule has 82 valence electrons. The highest BCUT2D eigenvalue weighted by atomic mass is 16.4. The zero-order valence-corrected chi connectivity index (χ0v) is 8.65. The predicted molar refractivity (Wildman–Crippen MR) is 52.3 cm³/mol. The molecule has 1 heterocycles. The first-order chi connectivity index (χ1) is 7.00. The summed E-state index contributed by atoms with van der Waals surface area (Å²) in [6.45, 7) is 1.53. The predicted octanol–water partition coefficient (Wildman–Crippen LogP) is -0.196. The minimum Gasteiger partial charge on any atom is -0.480 e. The number of hydrogen-bond donors (Lipinski definition) is 2. The van der Waals surface area contributed by atoms with Crippen LogP contribution in [0, 0.1) is 6.92 Å². The molecular weight excluding hydrogens is 198 g/mol. The highest BCUT2D eigenvalue weighted by Crippen LogP contribution is 2.04. The van der Waals surface area contributed by atoms with E-state index in [1.165, 1.54) is 11.9 Å². The van der Waals surface area contributed by atoms with Gasteiger partial charge in [0.2, 0.25) is 5.91 Å². The first-order valence-electron chi connectivity index (χ1n) is 4.45. The van der Waals surface area contributed by atoms with E-state index >= 15 is 0 Å². The maximum absolute atomic E-state index is 11.5. The second-order valence-electron chi connectivity index (χ2n) is 3.34. The Labute approximate surface area is 86.9 Å². The zero-order valence-electron chi connectivity index (χ0n) is 8.65. The van der Waals surface area contributed by atoms with E-state index in [0.29, 0.717) is 0 Å². The molecule has 0 saturated heterocycles. The Hall–Kier alpha value is -1.85. The number of aromatic amines is 1. The van der Waals surface area contributed by atoms with Crippen molar-refractivity contribution < 1.29 is 14.7 Å². The van der Waals surface area contributed by atoms with E-state index in [4.69, 9.17) is 5.11 Å². The molecular formula is C9H13N3O3. The van der Waals surface area contributed by atoms with Crippen molar-refractivity contribution >= 4 is 11.9 Å². The first kappa shape index (κ1) is 11.2. The lowest BCUT2D eigenvalue weighted by Gasteiger charge is -2.13. The summed E-state index contributed by atoms with van der Waals surface area (Å²) in [5.74, 6) is -1.25. The molecule has 0 saturated carbocycles. The van der Waals surface area contributed by atoms with Gasteiger partial charge in [-0.3, -0.25) is 14.7 Å². The number of carbonyl (C=O) groups is 2. The van der Waals surface area contributed by atoms with Crippen LogP contribution in [0.1, 0.15) is 11.3 Å². The molecule has 6 heteroatoms. The summed E-state index contributed by atoms with van der Waals surface area (Å²) in [7, 11) is 1.46. The van der Waals surface area contributed by atoms with E-state index in [0.717, 1.165) is 11.3 Å². The van der Waals surface area contributed by atoms with Gasteiger partial charge in [-0.1, -0.05) is 0 Å². The van der Waals surface area contributed by atoms with Crippen molar-refractivity contribution in [3.63, 3.8) is 0 Å². The lowest BCUT2D eigenvalue weighted by Crippen LogP contribution is -2.33. The summed E-state index contributed by atoms with van der Waals surface area (Å²) in [5.41, 5.74) is 1.62. The van der Waals surface area contributed by atoms with Gasteiger partial charge < -0.3 is 10.0 Å². The van der Waals surface area contributed by atoms with Crippen molar-refractivity contribution in [1.29, 1.82) is 0 Å². The number of aliphatic carboxylic acids is 1. The van der Waals surface area contributed by atoms with E-state index in [1.807, 2.05) is 6.92 Å². The number of nitrogens with zero attached hydrogens (tertiary/aromatic N) is 2. The molecule has 1 amide bonds. The average molecular weight is 211 g/mol. The summed E-state index contributed by atoms with van der Waals surface area (Å²) in [6, 6.07) is 0. The third kappa shape index (κ3) is 3.08. The van der Waals surface area contributed by atoms with Crippen LogP contribution >= 0.6 is 0 Å². The van der Waals surface area contributed by atoms with Crippen molar-refractivity contribution in [1.82, 2.24) is 15.1 Å². The highest BCUT2D eigenvalue weighted by Gasteiger charge is 2.14.